The molecule has 0 amide bonds. The quantitative estimate of drug-likeness (QED) is 0.161. The second-order valence-corrected chi connectivity index (χ2v) is 13.4. The van der Waals surface area contributed by atoms with E-state index in [4.69, 9.17) is 9.47 Å². The van der Waals surface area contributed by atoms with Crippen LogP contribution in [-0.4, -0.2) is 57.8 Å². The molecule has 1 saturated carbocycles. The first-order chi connectivity index (χ1) is 24.5. The first-order valence-electron chi connectivity index (χ1n) is 17.3. The average molecular weight is 752 g/mol. The monoisotopic (exact) mass is 751 g/mol. The highest BCUT2D eigenvalue weighted by Crippen LogP contribution is 2.38. The van der Waals surface area contributed by atoms with Gasteiger partial charge in [-0.25, -0.2) is 4.98 Å². The summed E-state index contributed by atoms with van der Waals surface area (Å²) in [5.41, 5.74) is -4.47. The zero-order valence-corrected chi connectivity index (χ0v) is 28.9. The van der Waals surface area contributed by atoms with E-state index >= 15 is 0 Å². The van der Waals surface area contributed by atoms with E-state index < -0.39 is 53.9 Å². The van der Waals surface area contributed by atoms with Crippen LogP contribution < -0.4 is 9.80 Å². The van der Waals surface area contributed by atoms with Gasteiger partial charge in [-0.3, -0.25) is 0 Å². The van der Waals surface area contributed by atoms with Crippen molar-refractivity contribution in [2.45, 2.75) is 96.2 Å². The number of tetrazole rings is 1. The van der Waals surface area contributed by atoms with E-state index in [1.54, 1.807) is 0 Å². The fourth-order valence-corrected chi connectivity index (χ4v) is 6.78. The molecule has 9 nitrogen and oxygen atoms in total. The van der Waals surface area contributed by atoms with Gasteiger partial charge in [0.05, 0.1) is 23.7 Å². The van der Waals surface area contributed by atoms with E-state index in [1.165, 1.54) is 11.9 Å². The van der Waals surface area contributed by atoms with Gasteiger partial charge in [0.1, 0.15) is 5.82 Å². The Balaban J connectivity index is 1.37. The summed E-state index contributed by atoms with van der Waals surface area (Å²) in [5.74, 6) is 0.709. The molecule has 18 heteroatoms. The Morgan fingerprint density at radius 3 is 2.02 bits per heavy atom. The largest absolute Gasteiger partial charge is 0.417 e. The lowest BCUT2D eigenvalue weighted by atomic mass is 9.80. The summed E-state index contributed by atoms with van der Waals surface area (Å²) >= 11 is 0. The number of hydrogen-bond donors (Lipinski definition) is 0. The van der Waals surface area contributed by atoms with E-state index in [1.807, 2.05) is 11.8 Å². The average Bonchev–Trinajstić information content (AvgIpc) is 3.53. The van der Waals surface area contributed by atoms with Gasteiger partial charge >= 0.3 is 18.5 Å². The minimum absolute atomic E-state index is 0.0100. The molecule has 1 atom stereocenters. The highest BCUT2D eigenvalue weighted by atomic mass is 19.4. The summed E-state index contributed by atoms with van der Waals surface area (Å²) in [6.45, 7) is 3.01. The lowest BCUT2D eigenvalue weighted by Crippen LogP contribution is -2.34. The number of benzene rings is 1. The molecular formula is C34H42F9N7O2. The van der Waals surface area contributed by atoms with E-state index in [0.29, 0.717) is 44.4 Å². The maximum absolute atomic E-state index is 14.0. The van der Waals surface area contributed by atoms with E-state index in [0.717, 1.165) is 68.4 Å². The highest BCUT2D eigenvalue weighted by Gasteiger charge is 2.38. The zero-order valence-electron chi connectivity index (χ0n) is 28.9. The van der Waals surface area contributed by atoms with Crippen molar-refractivity contribution in [1.82, 2.24) is 25.2 Å². The fraction of sp³-hybridized carbons (Fsp3) is 0.647. The SMILES string of the molecule is CCN(C[C@H]1CC[C@H](CCOC2CCCCO2)CC1)c1ncc(C(F)(F)F)cc1CN(Cc1cc(C(F)(F)F)cc(C(F)(F)F)c1)c1nnn(C)n1. The van der Waals surface area contributed by atoms with Gasteiger partial charge in [-0.2, -0.15) is 44.3 Å². The molecule has 3 aromatic rings. The van der Waals surface area contributed by atoms with E-state index in [2.05, 4.69) is 20.4 Å². The van der Waals surface area contributed by atoms with Crippen LogP contribution >= 0.6 is 0 Å². The van der Waals surface area contributed by atoms with Gasteiger partial charge in [0.25, 0.3) is 5.95 Å². The minimum Gasteiger partial charge on any atom is -0.356 e. The van der Waals surface area contributed by atoms with Crippen molar-refractivity contribution in [3.8, 4) is 0 Å². The number of nitrogens with zero attached hydrogens (tertiary/aromatic N) is 7. The van der Waals surface area contributed by atoms with Crippen LogP contribution in [0.3, 0.4) is 0 Å². The number of aryl methyl sites for hydroxylation is 1. The number of pyridine rings is 1. The summed E-state index contributed by atoms with van der Waals surface area (Å²) in [6, 6.07) is 2.04. The fourth-order valence-electron chi connectivity index (χ4n) is 6.78. The molecule has 1 aliphatic heterocycles. The molecule has 0 radical (unpaired) electrons. The maximum atomic E-state index is 14.0. The van der Waals surface area contributed by atoms with Crippen molar-refractivity contribution in [3.05, 3.63) is 58.3 Å². The smallest absolute Gasteiger partial charge is 0.356 e. The van der Waals surface area contributed by atoms with Crippen LogP contribution in [0, 0.1) is 11.8 Å². The zero-order chi connectivity index (χ0) is 37.7. The van der Waals surface area contributed by atoms with Crippen LogP contribution in [0.1, 0.15) is 86.1 Å². The van der Waals surface area contributed by atoms with Crippen molar-refractivity contribution < 1.29 is 49.0 Å². The molecule has 5 rings (SSSR count). The lowest BCUT2D eigenvalue weighted by Gasteiger charge is -2.34. The third-order valence-corrected chi connectivity index (χ3v) is 9.53. The van der Waals surface area contributed by atoms with Crippen LogP contribution in [0.2, 0.25) is 0 Å². The number of ether oxygens (including phenoxy) is 2. The predicted molar refractivity (Wildman–Crippen MR) is 172 cm³/mol. The lowest BCUT2D eigenvalue weighted by molar-refractivity contribution is -0.164. The van der Waals surface area contributed by atoms with Crippen molar-refractivity contribution in [2.75, 3.05) is 36.1 Å². The van der Waals surface area contributed by atoms with Crippen molar-refractivity contribution in [1.29, 1.82) is 0 Å². The summed E-state index contributed by atoms with van der Waals surface area (Å²) in [5, 5.41) is 11.7. The minimum atomic E-state index is -5.10. The molecule has 1 saturated heterocycles. The Morgan fingerprint density at radius 1 is 0.808 bits per heavy atom. The van der Waals surface area contributed by atoms with Crippen molar-refractivity contribution in [3.63, 3.8) is 0 Å². The predicted octanol–water partition coefficient (Wildman–Crippen LogP) is 8.43. The molecule has 1 aromatic carbocycles. The Morgan fingerprint density at radius 2 is 1.46 bits per heavy atom. The molecule has 0 spiro atoms. The molecular weight excluding hydrogens is 709 g/mol. The van der Waals surface area contributed by atoms with Gasteiger partial charge in [0.2, 0.25) is 0 Å². The number of aromatic nitrogens is 5. The van der Waals surface area contributed by atoms with Gasteiger partial charge in [-0.1, -0.05) is 17.9 Å². The molecule has 288 valence electrons. The number of rotatable bonds is 13. The molecule has 0 N–H and O–H groups in total. The molecule has 1 unspecified atom stereocenters. The maximum Gasteiger partial charge on any atom is 0.417 e. The topological polar surface area (TPSA) is 81.4 Å². The molecule has 2 aromatic heterocycles. The van der Waals surface area contributed by atoms with Gasteiger partial charge in [-0.05, 0) is 92.3 Å². The van der Waals surface area contributed by atoms with Gasteiger partial charge in [0.15, 0.2) is 6.29 Å². The summed E-state index contributed by atoms with van der Waals surface area (Å²) in [4.78, 5) is 8.29. The first-order valence-corrected chi connectivity index (χ1v) is 17.3. The van der Waals surface area contributed by atoms with Gasteiger partial charge < -0.3 is 19.3 Å². The molecule has 2 aliphatic rings. The Kier molecular flexibility index (Phi) is 12.6. The summed E-state index contributed by atoms with van der Waals surface area (Å²) < 4.78 is 136. The Bertz CT molecular complexity index is 1570. The molecule has 2 fully saturated rings. The van der Waals surface area contributed by atoms with Crippen LogP contribution in [0.15, 0.2) is 30.5 Å². The number of halogens is 9. The van der Waals surface area contributed by atoms with Crippen LogP contribution in [0.5, 0.6) is 0 Å². The molecule has 1 aliphatic carbocycles. The number of hydrogen-bond acceptors (Lipinski definition) is 8. The second-order valence-electron chi connectivity index (χ2n) is 13.4. The van der Waals surface area contributed by atoms with Crippen LogP contribution in [0.25, 0.3) is 0 Å². The first kappa shape index (κ1) is 39.5. The van der Waals surface area contributed by atoms with E-state index in [-0.39, 0.29) is 35.6 Å². The third-order valence-electron chi connectivity index (χ3n) is 9.53. The Labute approximate surface area is 295 Å². The van der Waals surface area contributed by atoms with Crippen molar-refractivity contribution >= 4 is 11.8 Å². The summed E-state index contributed by atoms with van der Waals surface area (Å²) in [6.07, 6.45) is -6.72. The van der Waals surface area contributed by atoms with Crippen molar-refractivity contribution in [2.24, 2.45) is 18.9 Å². The van der Waals surface area contributed by atoms with Crippen LogP contribution in [-0.2, 0) is 48.1 Å². The molecule has 3 heterocycles. The highest BCUT2D eigenvalue weighted by molar-refractivity contribution is 5.51. The van der Waals surface area contributed by atoms with E-state index in [9.17, 15) is 39.5 Å². The Hall–Kier alpha value is -3.67. The summed E-state index contributed by atoms with van der Waals surface area (Å²) in [7, 11) is 1.39. The molecule has 0 bridgehead atoms. The third kappa shape index (κ3) is 10.7. The normalized spacial score (nSPS) is 20.2. The number of alkyl halides is 9. The molecule has 52 heavy (non-hydrogen) atoms. The number of anilines is 2. The van der Waals surface area contributed by atoms with Gasteiger partial charge in [0, 0.05) is 51.2 Å². The van der Waals surface area contributed by atoms with Crippen LogP contribution in [0.4, 0.5) is 51.3 Å². The second kappa shape index (κ2) is 16.6. The van der Waals surface area contributed by atoms with Gasteiger partial charge in [-0.15, -0.1) is 5.10 Å². The standard InChI is InChI=1S/C34H42F9N7O2/c1-3-49(19-23-9-7-22(8-10-23)11-13-52-29-6-4-5-12-51-29)30-25(16-28(18-44-30)34(41,42)43)21-50(31-45-47-48(2)46-31)20-24-14-26(32(35,36)37)17-27(15-24)33(38,39)40/h14-18,22-23,29H,3-13,19-21H2,1-2H3/t22-,23-,29?.